The summed E-state index contributed by atoms with van der Waals surface area (Å²) in [6.07, 6.45) is 0. The van der Waals surface area contributed by atoms with Crippen molar-refractivity contribution in [1.82, 2.24) is 10.4 Å². The van der Waals surface area contributed by atoms with Crippen molar-refractivity contribution in [2.24, 2.45) is 5.92 Å². The van der Waals surface area contributed by atoms with E-state index in [1.54, 1.807) is 0 Å². The van der Waals surface area contributed by atoms with Crippen LogP contribution in [0.2, 0.25) is 0 Å². The summed E-state index contributed by atoms with van der Waals surface area (Å²) >= 11 is 2.46. The molecule has 10 heavy (non-hydrogen) atoms. The monoisotopic (exact) mass is 256 g/mol. The van der Waals surface area contributed by atoms with Crippen molar-refractivity contribution >= 4 is 22.6 Å². The van der Waals surface area contributed by atoms with E-state index in [-0.39, 0.29) is 0 Å². The Morgan fingerprint density at radius 3 is 2.20 bits per heavy atom. The normalized spacial score (nSPS) is 17.4. The molecule has 0 aliphatic rings. The Balaban J connectivity index is 3.30. The van der Waals surface area contributed by atoms with Gasteiger partial charge in [-0.05, 0) is 5.92 Å². The molecule has 0 aromatic heterocycles. The molecule has 62 valence electrons. The zero-order chi connectivity index (χ0) is 8.15. The largest absolute Gasteiger partial charge is 0.255 e. The highest BCUT2D eigenvalue weighted by Gasteiger charge is 2.07. The second-order valence-electron chi connectivity index (χ2n) is 2.91. The lowest BCUT2D eigenvalue weighted by molar-refractivity contribution is 0.268. The first-order valence-electron chi connectivity index (χ1n) is 3.59. The van der Waals surface area contributed by atoms with Crippen LogP contribution in [-0.4, -0.2) is 29.6 Å². The molecule has 0 aliphatic heterocycles. The van der Waals surface area contributed by atoms with Gasteiger partial charge in [-0.1, -0.05) is 36.4 Å². The number of rotatable bonds is 4. The van der Waals surface area contributed by atoms with E-state index < -0.39 is 0 Å². The van der Waals surface area contributed by atoms with Crippen LogP contribution in [0.1, 0.15) is 13.8 Å². The molecule has 0 unspecified atom stereocenters. The summed E-state index contributed by atoms with van der Waals surface area (Å²) < 4.78 is 0.741. The number of nitrogens with one attached hydrogen (secondary N) is 1. The lowest BCUT2D eigenvalue weighted by atomic mass is 10.1. The number of hydrogen-bond acceptors (Lipinski definition) is 2. The first kappa shape index (κ1) is 10.7. The number of nitrogens with zero attached hydrogens (tertiary/aromatic N) is 1. The Bertz CT molecular complexity index is 83.7. The summed E-state index contributed by atoms with van der Waals surface area (Å²) in [5.41, 5.74) is 3.26. The molecule has 0 bridgehead atoms. The second kappa shape index (κ2) is 5.32. The molecule has 0 aromatic carbocycles. The van der Waals surface area contributed by atoms with Gasteiger partial charge in [-0.3, -0.25) is 10.4 Å². The summed E-state index contributed by atoms with van der Waals surface area (Å²) in [5.74, 6) is 0.739. The standard InChI is InChI=1S/C7H17IN2/c1-6(7(2)8)5-9-10(3)4/h6-7,9H,5H2,1-4H3/t6-,7+/m0/s1. The van der Waals surface area contributed by atoms with E-state index in [0.29, 0.717) is 0 Å². The Morgan fingerprint density at radius 2 is 1.90 bits per heavy atom. The van der Waals surface area contributed by atoms with Gasteiger partial charge < -0.3 is 0 Å². The maximum Gasteiger partial charge on any atom is 0.0138 e. The summed E-state index contributed by atoms with van der Waals surface area (Å²) in [6, 6.07) is 0. The van der Waals surface area contributed by atoms with Gasteiger partial charge in [-0.25, -0.2) is 0 Å². The molecule has 0 rings (SSSR count). The van der Waals surface area contributed by atoms with Crippen LogP contribution < -0.4 is 5.43 Å². The van der Waals surface area contributed by atoms with Gasteiger partial charge in [0.1, 0.15) is 0 Å². The molecule has 0 amide bonds. The van der Waals surface area contributed by atoms with E-state index in [2.05, 4.69) is 41.9 Å². The smallest absolute Gasteiger partial charge is 0.0138 e. The van der Waals surface area contributed by atoms with E-state index in [1.165, 1.54) is 0 Å². The number of alkyl halides is 1. The van der Waals surface area contributed by atoms with Crippen molar-refractivity contribution in [2.45, 2.75) is 17.8 Å². The molecule has 0 spiro atoms. The minimum atomic E-state index is 0.739. The van der Waals surface area contributed by atoms with Gasteiger partial charge in [-0.2, -0.15) is 0 Å². The zero-order valence-electron chi connectivity index (χ0n) is 7.19. The molecule has 0 radical (unpaired) electrons. The van der Waals surface area contributed by atoms with Crippen molar-refractivity contribution in [3.63, 3.8) is 0 Å². The fourth-order valence-corrected chi connectivity index (χ4v) is 0.743. The van der Waals surface area contributed by atoms with Gasteiger partial charge in [0.05, 0.1) is 0 Å². The van der Waals surface area contributed by atoms with Gasteiger partial charge in [0, 0.05) is 24.6 Å². The zero-order valence-corrected chi connectivity index (χ0v) is 9.34. The van der Waals surface area contributed by atoms with Crippen LogP contribution in [0.4, 0.5) is 0 Å². The van der Waals surface area contributed by atoms with Crippen molar-refractivity contribution in [3.05, 3.63) is 0 Å². The summed E-state index contributed by atoms with van der Waals surface area (Å²) in [5, 5.41) is 2.00. The van der Waals surface area contributed by atoms with Gasteiger partial charge in [0.2, 0.25) is 0 Å². The van der Waals surface area contributed by atoms with Gasteiger partial charge in [0.25, 0.3) is 0 Å². The van der Waals surface area contributed by atoms with Crippen LogP contribution in [0.5, 0.6) is 0 Å². The van der Waals surface area contributed by atoms with E-state index in [9.17, 15) is 0 Å². The maximum absolute atomic E-state index is 3.26. The quantitative estimate of drug-likeness (QED) is 0.466. The molecular formula is C7H17IN2. The van der Waals surface area contributed by atoms with Crippen LogP contribution in [-0.2, 0) is 0 Å². The lowest BCUT2D eigenvalue weighted by Gasteiger charge is -2.18. The Hall–Kier alpha value is 0.650. The molecular weight excluding hydrogens is 239 g/mol. The molecule has 3 heteroatoms. The van der Waals surface area contributed by atoms with Crippen molar-refractivity contribution in [2.75, 3.05) is 20.6 Å². The van der Waals surface area contributed by atoms with Crippen LogP contribution in [0.15, 0.2) is 0 Å². The number of hydrazine groups is 1. The topological polar surface area (TPSA) is 15.3 Å². The molecule has 1 N–H and O–H groups in total. The highest BCUT2D eigenvalue weighted by Crippen LogP contribution is 2.10. The van der Waals surface area contributed by atoms with Gasteiger partial charge in [-0.15, -0.1) is 0 Å². The third kappa shape index (κ3) is 5.44. The van der Waals surface area contributed by atoms with Crippen LogP contribution >= 0.6 is 22.6 Å². The lowest BCUT2D eigenvalue weighted by Crippen LogP contribution is -2.35. The average molecular weight is 256 g/mol. The fraction of sp³-hybridized carbons (Fsp3) is 1.00. The van der Waals surface area contributed by atoms with Crippen LogP contribution in [0, 0.1) is 5.92 Å². The van der Waals surface area contributed by atoms with E-state index >= 15 is 0 Å². The summed E-state index contributed by atoms with van der Waals surface area (Å²) in [6.45, 7) is 5.56. The predicted octanol–water partition coefficient (Wildman–Crippen LogP) is 1.51. The average Bonchev–Trinajstić information content (AvgIpc) is 1.82. The SMILES string of the molecule is C[C@@H](I)[C@@H](C)CNN(C)C. The minimum Gasteiger partial charge on any atom is -0.255 e. The highest BCUT2D eigenvalue weighted by molar-refractivity contribution is 14.1. The fourth-order valence-electron chi connectivity index (χ4n) is 0.489. The second-order valence-corrected chi connectivity index (χ2v) is 4.88. The van der Waals surface area contributed by atoms with Crippen LogP contribution in [0.3, 0.4) is 0 Å². The molecule has 0 fully saturated rings. The molecule has 2 atom stereocenters. The predicted molar refractivity (Wildman–Crippen MR) is 54.3 cm³/mol. The molecule has 0 saturated carbocycles. The van der Waals surface area contributed by atoms with Crippen molar-refractivity contribution in [1.29, 1.82) is 0 Å². The Kier molecular flexibility index (Phi) is 5.67. The molecule has 0 heterocycles. The van der Waals surface area contributed by atoms with Crippen molar-refractivity contribution in [3.8, 4) is 0 Å². The van der Waals surface area contributed by atoms with Crippen molar-refractivity contribution < 1.29 is 0 Å². The van der Waals surface area contributed by atoms with E-state index in [1.807, 2.05) is 19.1 Å². The Morgan fingerprint density at radius 1 is 1.40 bits per heavy atom. The molecule has 2 nitrogen and oxygen atoms in total. The molecule has 0 saturated heterocycles. The maximum atomic E-state index is 3.26. The van der Waals surface area contributed by atoms with Gasteiger partial charge in [0.15, 0.2) is 0 Å². The first-order valence-corrected chi connectivity index (χ1v) is 4.83. The third-order valence-corrected chi connectivity index (χ3v) is 2.74. The summed E-state index contributed by atoms with van der Waals surface area (Å²) in [4.78, 5) is 0. The third-order valence-electron chi connectivity index (χ3n) is 1.51. The number of halogens is 1. The van der Waals surface area contributed by atoms with Gasteiger partial charge >= 0.3 is 0 Å². The number of hydrogen-bond donors (Lipinski definition) is 1. The van der Waals surface area contributed by atoms with Crippen LogP contribution in [0.25, 0.3) is 0 Å². The first-order chi connectivity index (χ1) is 4.54. The highest BCUT2D eigenvalue weighted by atomic mass is 127. The molecule has 0 aliphatic carbocycles. The van der Waals surface area contributed by atoms with E-state index in [4.69, 9.17) is 0 Å². The van der Waals surface area contributed by atoms with E-state index in [0.717, 1.165) is 16.4 Å². The minimum absolute atomic E-state index is 0.739. The summed E-state index contributed by atoms with van der Waals surface area (Å²) in [7, 11) is 4.04. The Labute approximate surface area is 77.5 Å². The molecule has 0 aromatic rings.